The van der Waals surface area contributed by atoms with Gasteiger partial charge >= 0.3 is 0 Å². The Balaban J connectivity index is 2.53. The first-order valence-electron chi connectivity index (χ1n) is 6.47. The average Bonchev–Trinajstić information content (AvgIpc) is 2.24. The van der Waals surface area contributed by atoms with Crippen molar-refractivity contribution < 1.29 is 9.90 Å². The number of nitrogens with zero attached hydrogens (tertiary/aromatic N) is 1. The molecule has 2 atom stereocenters. The van der Waals surface area contributed by atoms with E-state index in [-0.39, 0.29) is 11.4 Å². The zero-order valence-electron chi connectivity index (χ0n) is 11.5. The smallest absolute Gasteiger partial charge is 0.245 e. The normalized spacial score (nSPS) is 26.9. The summed E-state index contributed by atoms with van der Waals surface area (Å²) in [4.78, 5) is 13.5. The molecule has 0 aromatic heterocycles. The van der Waals surface area contributed by atoms with E-state index in [2.05, 4.69) is 37.9 Å². The zero-order valence-corrected chi connectivity index (χ0v) is 11.5. The number of rotatable bonds is 4. The summed E-state index contributed by atoms with van der Waals surface area (Å²) >= 11 is 0. The molecule has 0 saturated carbocycles. The van der Waals surface area contributed by atoms with Gasteiger partial charge in [0.05, 0.1) is 0 Å². The van der Waals surface area contributed by atoms with Gasteiger partial charge in [0.25, 0.3) is 0 Å². The first-order chi connectivity index (χ1) is 7.85. The van der Waals surface area contributed by atoms with Crippen LogP contribution in [0.4, 0.5) is 0 Å². The van der Waals surface area contributed by atoms with E-state index in [1.54, 1.807) is 0 Å². The van der Waals surface area contributed by atoms with Crippen LogP contribution in [0.2, 0.25) is 0 Å². The summed E-state index contributed by atoms with van der Waals surface area (Å²) in [6.45, 7) is 11.2. The lowest BCUT2D eigenvalue weighted by atomic mass is 9.88. The van der Waals surface area contributed by atoms with Gasteiger partial charge in [0.1, 0.15) is 6.61 Å². The fourth-order valence-electron chi connectivity index (χ4n) is 2.64. The van der Waals surface area contributed by atoms with Gasteiger partial charge in [0.2, 0.25) is 5.91 Å². The number of carbonyl (C=O) groups is 1. The molecule has 17 heavy (non-hydrogen) atoms. The van der Waals surface area contributed by atoms with E-state index in [9.17, 15) is 4.79 Å². The lowest BCUT2D eigenvalue weighted by Gasteiger charge is -2.45. The van der Waals surface area contributed by atoms with Crippen LogP contribution >= 0.6 is 0 Å². The van der Waals surface area contributed by atoms with Crippen LogP contribution in [0.15, 0.2) is 0 Å². The van der Waals surface area contributed by atoms with Crippen LogP contribution in [0.3, 0.4) is 0 Å². The Bertz CT molecular complexity index is 256. The summed E-state index contributed by atoms with van der Waals surface area (Å²) in [5, 5.41) is 11.5. The van der Waals surface area contributed by atoms with Crippen molar-refractivity contribution in [1.82, 2.24) is 10.2 Å². The molecule has 0 bridgehead atoms. The standard InChI is InChI=1S/C13H26N2O2/c1-10-5-11(2)7-15(6-10)13(3,4)9-14-12(17)8-16/h10-11,16H,5-9H2,1-4H3,(H,14,17). The van der Waals surface area contributed by atoms with E-state index < -0.39 is 6.61 Å². The second kappa shape index (κ2) is 5.83. The van der Waals surface area contributed by atoms with Gasteiger partial charge in [-0.15, -0.1) is 0 Å². The fraction of sp³-hybridized carbons (Fsp3) is 0.923. The van der Waals surface area contributed by atoms with Gasteiger partial charge in [-0.25, -0.2) is 0 Å². The highest BCUT2D eigenvalue weighted by atomic mass is 16.3. The van der Waals surface area contributed by atoms with Crippen molar-refractivity contribution in [2.24, 2.45) is 11.8 Å². The van der Waals surface area contributed by atoms with Crippen molar-refractivity contribution >= 4 is 5.91 Å². The maximum absolute atomic E-state index is 11.1. The van der Waals surface area contributed by atoms with Gasteiger partial charge in [-0.05, 0) is 32.1 Å². The zero-order chi connectivity index (χ0) is 13.1. The molecule has 2 unspecified atom stereocenters. The minimum Gasteiger partial charge on any atom is -0.387 e. The average molecular weight is 242 g/mol. The van der Waals surface area contributed by atoms with Crippen LogP contribution in [0.1, 0.15) is 34.1 Å². The van der Waals surface area contributed by atoms with E-state index in [1.165, 1.54) is 6.42 Å². The van der Waals surface area contributed by atoms with Crippen LogP contribution in [-0.2, 0) is 4.79 Å². The lowest BCUT2D eigenvalue weighted by Crippen LogP contribution is -2.56. The summed E-state index contributed by atoms with van der Waals surface area (Å²) < 4.78 is 0. The monoisotopic (exact) mass is 242 g/mol. The van der Waals surface area contributed by atoms with Gasteiger partial charge in [-0.2, -0.15) is 0 Å². The second-order valence-corrected chi connectivity index (χ2v) is 6.10. The maximum Gasteiger partial charge on any atom is 0.245 e. The summed E-state index contributed by atoms with van der Waals surface area (Å²) in [5.74, 6) is 1.13. The summed E-state index contributed by atoms with van der Waals surface area (Å²) in [7, 11) is 0. The number of nitrogens with one attached hydrogen (secondary N) is 1. The molecule has 0 spiro atoms. The third kappa shape index (κ3) is 4.28. The molecule has 4 nitrogen and oxygen atoms in total. The molecule has 1 rings (SSSR count). The Labute approximate surface area is 104 Å². The minimum absolute atomic E-state index is 0.0478. The van der Waals surface area contributed by atoms with Crippen LogP contribution in [0.25, 0.3) is 0 Å². The van der Waals surface area contributed by atoms with Gasteiger partial charge in [0, 0.05) is 25.2 Å². The highest BCUT2D eigenvalue weighted by Gasteiger charge is 2.32. The van der Waals surface area contributed by atoms with Crippen molar-refractivity contribution in [3.8, 4) is 0 Å². The van der Waals surface area contributed by atoms with E-state index in [0.717, 1.165) is 13.1 Å². The van der Waals surface area contributed by atoms with Crippen LogP contribution in [0, 0.1) is 11.8 Å². The van der Waals surface area contributed by atoms with E-state index in [4.69, 9.17) is 5.11 Å². The van der Waals surface area contributed by atoms with E-state index >= 15 is 0 Å². The molecule has 0 aliphatic carbocycles. The number of aliphatic hydroxyl groups excluding tert-OH is 1. The van der Waals surface area contributed by atoms with Gasteiger partial charge in [-0.3, -0.25) is 9.69 Å². The lowest BCUT2D eigenvalue weighted by molar-refractivity contribution is -0.124. The Kier molecular flexibility index (Phi) is 4.95. The molecule has 0 radical (unpaired) electrons. The molecule has 0 aromatic carbocycles. The number of aliphatic hydroxyl groups is 1. The third-order valence-corrected chi connectivity index (χ3v) is 3.59. The molecule has 1 aliphatic rings. The number of hydrogen-bond acceptors (Lipinski definition) is 3. The highest BCUT2D eigenvalue weighted by Crippen LogP contribution is 2.26. The van der Waals surface area contributed by atoms with Crippen LogP contribution < -0.4 is 5.32 Å². The molecule has 4 heteroatoms. The Morgan fingerprint density at radius 3 is 2.35 bits per heavy atom. The largest absolute Gasteiger partial charge is 0.387 e. The molecule has 1 heterocycles. The molecule has 2 N–H and O–H groups in total. The van der Waals surface area contributed by atoms with Crippen molar-refractivity contribution in [3.63, 3.8) is 0 Å². The quantitative estimate of drug-likeness (QED) is 0.768. The topological polar surface area (TPSA) is 52.6 Å². The first kappa shape index (κ1) is 14.5. The SMILES string of the molecule is CC1CC(C)CN(C(C)(C)CNC(=O)CO)C1. The molecular weight excluding hydrogens is 216 g/mol. The number of carbonyl (C=O) groups excluding carboxylic acids is 1. The predicted octanol–water partition coefficient (Wildman–Crippen LogP) is 0.851. The van der Waals surface area contributed by atoms with Crippen LogP contribution in [0.5, 0.6) is 0 Å². The maximum atomic E-state index is 11.1. The predicted molar refractivity (Wildman–Crippen MR) is 68.7 cm³/mol. The summed E-state index contributed by atoms with van der Waals surface area (Å²) in [6.07, 6.45) is 1.29. The first-order valence-corrected chi connectivity index (χ1v) is 6.47. The Morgan fingerprint density at radius 1 is 1.35 bits per heavy atom. The summed E-state index contributed by atoms with van der Waals surface area (Å²) in [5.41, 5.74) is -0.0478. The second-order valence-electron chi connectivity index (χ2n) is 6.10. The number of amides is 1. The van der Waals surface area contributed by atoms with Crippen molar-refractivity contribution in [1.29, 1.82) is 0 Å². The molecular formula is C13H26N2O2. The van der Waals surface area contributed by atoms with Crippen LogP contribution in [-0.4, -0.2) is 47.7 Å². The van der Waals surface area contributed by atoms with Gasteiger partial charge < -0.3 is 10.4 Å². The number of piperidine rings is 1. The molecule has 0 aromatic rings. The highest BCUT2D eigenvalue weighted by molar-refractivity contribution is 5.76. The van der Waals surface area contributed by atoms with Gasteiger partial charge in [0.15, 0.2) is 0 Å². The van der Waals surface area contributed by atoms with Gasteiger partial charge in [-0.1, -0.05) is 13.8 Å². The third-order valence-electron chi connectivity index (χ3n) is 3.59. The molecule has 1 amide bonds. The molecule has 100 valence electrons. The van der Waals surface area contributed by atoms with Crippen molar-refractivity contribution in [3.05, 3.63) is 0 Å². The van der Waals surface area contributed by atoms with Crippen molar-refractivity contribution in [2.75, 3.05) is 26.2 Å². The molecule has 1 fully saturated rings. The Hall–Kier alpha value is -0.610. The number of hydrogen-bond donors (Lipinski definition) is 2. The van der Waals surface area contributed by atoms with E-state index in [1.807, 2.05) is 0 Å². The summed E-state index contributed by atoms with van der Waals surface area (Å²) in [6, 6.07) is 0. The molecule has 1 aliphatic heterocycles. The van der Waals surface area contributed by atoms with Crippen molar-refractivity contribution in [2.45, 2.75) is 39.7 Å². The van der Waals surface area contributed by atoms with E-state index in [0.29, 0.717) is 18.4 Å². The Morgan fingerprint density at radius 2 is 1.88 bits per heavy atom. The molecule has 1 saturated heterocycles. The number of likely N-dealkylation sites (tertiary alicyclic amines) is 1. The fourth-order valence-corrected chi connectivity index (χ4v) is 2.64. The minimum atomic E-state index is -0.428.